The van der Waals surface area contributed by atoms with Gasteiger partial charge in [0.05, 0.1) is 0 Å². The molecule has 66 valence electrons. The van der Waals surface area contributed by atoms with Crippen LogP contribution in [0.4, 0.5) is 5.95 Å². The number of hydrogen-bond acceptors (Lipinski definition) is 4. The SMILES string of the molecule is c1n[nH]c(N2CCCNCC2)n1. The molecule has 1 aliphatic heterocycles. The minimum Gasteiger partial charge on any atom is -0.340 e. The van der Waals surface area contributed by atoms with Crippen LogP contribution in [0.3, 0.4) is 0 Å². The first-order chi connectivity index (χ1) is 5.97. The zero-order valence-corrected chi connectivity index (χ0v) is 6.95. The number of rotatable bonds is 1. The van der Waals surface area contributed by atoms with Crippen LogP contribution in [0.5, 0.6) is 0 Å². The molecule has 0 amide bonds. The van der Waals surface area contributed by atoms with E-state index >= 15 is 0 Å². The third-order valence-corrected chi connectivity index (χ3v) is 2.04. The summed E-state index contributed by atoms with van der Waals surface area (Å²) in [4.78, 5) is 6.33. The van der Waals surface area contributed by atoms with Crippen molar-refractivity contribution in [1.82, 2.24) is 20.5 Å². The lowest BCUT2D eigenvalue weighted by Gasteiger charge is -2.17. The van der Waals surface area contributed by atoms with Gasteiger partial charge in [0, 0.05) is 19.6 Å². The third-order valence-electron chi connectivity index (χ3n) is 2.04. The molecule has 2 heterocycles. The molecule has 1 aromatic heterocycles. The zero-order chi connectivity index (χ0) is 8.23. The summed E-state index contributed by atoms with van der Waals surface area (Å²) in [5.41, 5.74) is 0. The van der Waals surface area contributed by atoms with Gasteiger partial charge in [0.2, 0.25) is 5.95 Å². The highest BCUT2D eigenvalue weighted by molar-refractivity contribution is 5.27. The quantitative estimate of drug-likeness (QED) is 0.598. The number of anilines is 1. The van der Waals surface area contributed by atoms with Crippen molar-refractivity contribution in [3.05, 3.63) is 6.33 Å². The van der Waals surface area contributed by atoms with Crippen molar-refractivity contribution in [2.75, 3.05) is 31.1 Å². The van der Waals surface area contributed by atoms with Crippen LogP contribution in [0, 0.1) is 0 Å². The molecule has 0 radical (unpaired) electrons. The summed E-state index contributed by atoms with van der Waals surface area (Å²) in [7, 11) is 0. The second kappa shape index (κ2) is 3.53. The first kappa shape index (κ1) is 7.54. The van der Waals surface area contributed by atoms with E-state index in [9.17, 15) is 0 Å². The highest BCUT2D eigenvalue weighted by atomic mass is 15.3. The highest BCUT2D eigenvalue weighted by Gasteiger charge is 2.10. The van der Waals surface area contributed by atoms with Crippen molar-refractivity contribution in [3.63, 3.8) is 0 Å². The van der Waals surface area contributed by atoms with Crippen LogP contribution in [0.1, 0.15) is 6.42 Å². The maximum Gasteiger partial charge on any atom is 0.221 e. The molecule has 5 nitrogen and oxygen atoms in total. The van der Waals surface area contributed by atoms with Gasteiger partial charge in [-0.1, -0.05) is 0 Å². The summed E-state index contributed by atoms with van der Waals surface area (Å²) in [5.74, 6) is 0.888. The van der Waals surface area contributed by atoms with Gasteiger partial charge >= 0.3 is 0 Å². The molecule has 0 atom stereocenters. The Bertz CT molecular complexity index is 212. The number of nitrogens with zero attached hydrogens (tertiary/aromatic N) is 3. The Morgan fingerprint density at radius 3 is 3.17 bits per heavy atom. The topological polar surface area (TPSA) is 56.8 Å². The molecule has 1 saturated heterocycles. The molecule has 0 aliphatic carbocycles. The third kappa shape index (κ3) is 1.55. The molecule has 2 rings (SSSR count). The van der Waals surface area contributed by atoms with Crippen LogP contribution in [-0.2, 0) is 0 Å². The molecule has 12 heavy (non-hydrogen) atoms. The molecule has 2 N–H and O–H groups in total. The molecule has 0 aromatic carbocycles. The Kier molecular flexibility index (Phi) is 2.22. The van der Waals surface area contributed by atoms with E-state index in [1.807, 2.05) is 0 Å². The monoisotopic (exact) mass is 167 g/mol. The van der Waals surface area contributed by atoms with Gasteiger partial charge in [-0.15, -0.1) is 0 Å². The lowest BCUT2D eigenvalue weighted by molar-refractivity contribution is 0.724. The van der Waals surface area contributed by atoms with Crippen LogP contribution in [0.25, 0.3) is 0 Å². The van der Waals surface area contributed by atoms with Gasteiger partial charge in [0.1, 0.15) is 6.33 Å². The Labute approximate surface area is 71.2 Å². The Morgan fingerprint density at radius 2 is 2.33 bits per heavy atom. The summed E-state index contributed by atoms with van der Waals surface area (Å²) in [6.07, 6.45) is 2.72. The normalized spacial score (nSPS) is 19.2. The maximum absolute atomic E-state index is 4.11. The predicted molar refractivity (Wildman–Crippen MR) is 46.1 cm³/mol. The maximum atomic E-state index is 4.11. The average Bonchev–Trinajstić information content (AvgIpc) is 2.48. The standard InChI is InChI=1S/C7H13N5/c1-2-8-3-5-12(4-1)7-9-6-10-11-7/h6,8H,1-5H2,(H,9,10,11). The van der Waals surface area contributed by atoms with Gasteiger partial charge in [-0.25, -0.2) is 5.10 Å². The van der Waals surface area contributed by atoms with Crippen LogP contribution >= 0.6 is 0 Å². The van der Waals surface area contributed by atoms with E-state index < -0.39 is 0 Å². The number of aromatic amines is 1. The van der Waals surface area contributed by atoms with Crippen molar-refractivity contribution in [3.8, 4) is 0 Å². The first-order valence-electron chi connectivity index (χ1n) is 4.28. The van der Waals surface area contributed by atoms with Crippen LogP contribution in [-0.4, -0.2) is 41.4 Å². The largest absolute Gasteiger partial charge is 0.340 e. The second-order valence-corrected chi connectivity index (χ2v) is 2.90. The summed E-state index contributed by atoms with van der Waals surface area (Å²) in [6, 6.07) is 0. The molecular formula is C7H13N5. The minimum absolute atomic E-state index is 0.888. The van der Waals surface area contributed by atoms with E-state index in [1.54, 1.807) is 6.33 Å². The fourth-order valence-electron chi connectivity index (χ4n) is 1.41. The van der Waals surface area contributed by atoms with Crippen molar-refractivity contribution in [1.29, 1.82) is 0 Å². The van der Waals surface area contributed by atoms with Gasteiger partial charge in [0.25, 0.3) is 0 Å². The number of H-pyrrole nitrogens is 1. The van der Waals surface area contributed by atoms with Crippen LogP contribution in [0.15, 0.2) is 6.33 Å². The van der Waals surface area contributed by atoms with E-state index in [-0.39, 0.29) is 0 Å². The second-order valence-electron chi connectivity index (χ2n) is 2.90. The Morgan fingerprint density at radius 1 is 1.33 bits per heavy atom. The van der Waals surface area contributed by atoms with E-state index in [0.29, 0.717) is 0 Å². The molecule has 0 saturated carbocycles. The fraction of sp³-hybridized carbons (Fsp3) is 0.714. The van der Waals surface area contributed by atoms with Crippen molar-refractivity contribution in [2.24, 2.45) is 0 Å². The van der Waals surface area contributed by atoms with Crippen LogP contribution in [0.2, 0.25) is 0 Å². The van der Waals surface area contributed by atoms with Gasteiger partial charge in [0.15, 0.2) is 0 Å². The number of hydrogen-bond donors (Lipinski definition) is 2. The molecule has 1 fully saturated rings. The lowest BCUT2D eigenvalue weighted by atomic mass is 10.4. The smallest absolute Gasteiger partial charge is 0.221 e. The van der Waals surface area contributed by atoms with Crippen molar-refractivity contribution < 1.29 is 0 Å². The Balaban J connectivity index is 2.02. The molecular weight excluding hydrogens is 154 g/mol. The predicted octanol–water partition coefficient (Wildman–Crippen LogP) is -0.396. The van der Waals surface area contributed by atoms with Crippen LogP contribution < -0.4 is 10.2 Å². The first-order valence-corrected chi connectivity index (χ1v) is 4.28. The van der Waals surface area contributed by atoms with Gasteiger partial charge < -0.3 is 10.2 Å². The summed E-state index contributed by atoms with van der Waals surface area (Å²) in [5, 5.41) is 10.0. The molecule has 1 aromatic rings. The van der Waals surface area contributed by atoms with Gasteiger partial charge in [-0.3, -0.25) is 0 Å². The summed E-state index contributed by atoms with van der Waals surface area (Å²) < 4.78 is 0. The zero-order valence-electron chi connectivity index (χ0n) is 6.95. The van der Waals surface area contributed by atoms with Gasteiger partial charge in [-0.2, -0.15) is 10.1 Å². The molecule has 1 aliphatic rings. The highest BCUT2D eigenvalue weighted by Crippen LogP contribution is 2.05. The fourth-order valence-corrected chi connectivity index (χ4v) is 1.41. The average molecular weight is 167 g/mol. The summed E-state index contributed by atoms with van der Waals surface area (Å²) >= 11 is 0. The van der Waals surface area contributed by atoms with E-state index in [2.05, 4.69) is 25.4 Å². The van der Waals surface area contributed by atoms with Crippen molar-refractivity contribution >= 4 is 5.95 Å². The minimum atomic E-state index is 0.888. The molecule has 0 bridgehead atoms. The molecule has 5 heteroatoms. The molecule has 0 spiro atoms. The molecule has 0 unspecified atom stereocenters. The number of aromatic nitrogens is 3. The summed E-state index contributed by atoms with van der Waals surface area (Å²) in [6.45, 7) is 4.20. The van der Waals surface area contributed by atoms with E-state index in [1.165, 1.54) is 6.42 Å². The lowest BCUT2D eigenvalue weighted by Crippen LogP contribution is -2.28. The van der Waals surface area contributed by atoms with Crippen molar-refractivity contribution in [2.45, 2.75) is 6.42 Å². The Hall–Kier alpha value is -1.10. The van der Waals surface area contributed by atoms with E-state index in [0.717, 1.165) is 32.1 Å². The van der Waals surface area contributed by atoms with Gasteiger partial charge in [-0.05, 0) is 13.0 Å². The number of nitrogens with one attached hydrogen (secondary N) is 2. The van der Waals surface area contributed by atoms with E-state index in [4.69, 9.17) is 0 Å².